The zero-order chi connectivity index (χ0) is 24.3. The Kier molecular flexibility index (Phi) is 6.82. The number of likely N-dealkylation sites (tertiary alicyclic amines) is 1. The van der Waals surface area contributed by atoms with Gasteiger partial charge in [0.1, 0.15) is 0 Å². The van der Waals surface area contributed by atoms with Gasteiger partial charge in [0.2, 0.25) is 11.8 Å². The number of anilines is 1. The number of carbonyl (C=O) groups excluding carboxylic acids is 4. The van der Waals surface area contributed by atoms with Crippen molar-refractivity contribution in [3.63, 3.8) is 0 Å². The van der Waals surface area contributed by atoms with E-state index < -0.39 is 5.41 Å². The number of para-hydroxylation sites is 1. The van der Waals surface area contributed by atoms with Crippen molar-refractivity contribution in [3.8, 4) is 0 Å². The van der Waals surface area contributed by atoms with E-state index in [0.29, 0.717) is 56.4 Å². The Morgan fingerprint density at radius 2 is 1.71 bits per heavy atom. The number of piperidine rings is 1. The highest BCUT2D eigenvalue weighted by Crippen LogP contribution is 2.41. The van der Waals surface area contributed by atoms with Crippen molar-refractivity contribution < 1.29 is 19.2 Å². The fourth-order valence-electron chi connectivity index (χ4n) is 5.20. The van der Waals surface area contributed by atoms with Crippen LogP contribution in [0.15, 0.2) is 48.5 Å². The lowest BCUT2D eigenvalue weighted by atomic mass is 9.67. The number of hydrogen-bond acceptors (Lipinski definition) is 4. The minimum absolute atomic E-state index is 0.0754. The number of ketones is 1. The van der Waals surface area contributed by atoms with Crippen molar-refractivity contribution in [2.75, 3.05) is 18.4 Å². The van der Waals surface area contributed by atoms with Gasteiger partial charge >= 0.3 is 0 Å². The molecule has 0 bridgehead atoms. The normalized spacial score (nSPS) is 20.5. The second kappa shape index (κ2) is 9.79. The molecule has 2 aromatic carbocycles. The molecule has 7 heteroatoms. The zero-order valence-electron chi connectivity index (χ0n) is 19.5. The fraction of sp³-hybridized carbons (Fsp3) is 0.407. The van der Waals surface area contributed by atoms with Gasteiger partial charge in [-0.1, -0.05) is 43.3 Å². The van der Waals surface area contributed by atoms with Gasteiger partial charge in [-0.05, 0) is 48.8 Å². The quantitative estimate of drug-likeness (QED) is 0.685. The Labute approximate surface area is 199 Å². The molecule has 2 aliphatic rings. The lowest BCUT2D eigenvalue weighted by Crippen LogP contribution is -2.42. The lowest BCUT2D eigenvalue weighted by molar-refractivity contribution is -0.123. The topological polar surface area (TPSA) is 110 Å². The van der Waals surface area contributed by atoms with Crippen molar-refractivity contribution in [1.29, 1.82) is 0 Å². The Balaban J connectivity index is 1.46. The summed E-state index contributed by atoms with van der Waals surface area (Å²) in [6.07, 6.45) is 3.01. The van der Waals surface area contributed by atoms with Crippen molar-refractivity contribution in [2.45, 2.75) is 45.4 Å². The maximum absolute atomic E-state index is 13.2. The molecular formula is C27H31N3O4. The first kappa shape index (κ1) is 23.7. The number of hydrogen-bond donors (Lipinski definition) is 2. The molecule has 3 N–H and O–H groups in total. The summed E-state index contributed by atoms with van der Waals surface area (Å²) in [6, 6.07) is 14.6. The van der Waals surface area contributed by atoms with E-state index in [4.69, 9.17) is 5.73 Å². The van der Waals surface area contributed by atoms with Gasteiger partial charge in [0.05, 0.1) is 11.3 Å². The van der Waals surface area contributed by atoms with Gasteiger partial charge < -0.3 is 16.0 Å². The van der Waals surface area contributed by atoms with Crippen LogP contribution in [0, 0.1) is 11.3 Å². The van der Waals surface area contributed by atoms with E-state index in [9.17, 15) is 19.2 Å². The Hall–Kier alpha value is -3.48. The predicted molar refractivity (Wildman–Crippen MR) is 129 cm³/mol. The summed E-state index contributed by atoms with van der Waals surface area (Å²) >= 11 is 0. The van der Waals surface area contributed by atoms with Crippen LogP contribution in [0.3, 0.4) is 0 Å². The molecule has 1 saturated heterocycles. The summed E-state index contributed by atoms with van der Waals surface area (Å²) in [7, 11) is 0. The summed E-state index contributed by atoms with van der Waals surface area (Å²) in [5.74, 6) is -0.833. The maximum Gasteiger partial charge on any atom is 0.255 e. The van der Waals surface area contributed by atoms with E-state index in [1.54, 1.807) is 29.2 Å². The van der Waals surface area contributed by atoms with Gasteiger partial charge in [0.25, 0.3) is 5.91 Å². The number of Topliss-reactive ketones (excluding diaryl/α,β-unsaturated/α-hetero) is 1. The van der Waals surface area contributed by atoms with E-state index in [-0.39, 0.29) is 35.8 Å². The molecule has 1 aliphatic heterocycles. The maximum atomic E-state index is 13.2. The average Bonchev–Trinajstić information content (AvgIpc) is 2.84. The number of amides is 3. The van der Waals surface area contributed by atoms with Gasteiger partial charge in [0.15, 0.2) is 5.78 Å². The van der Waals surface area contributed by atoms with Crippen LogP contribution in [0.5, 0.6) is 0 Å². The smallest absolute Gasteiger partial charge is 0.255 e. The SMILES string of the molecule is CCC1(CC(=O)Nc2ccccc2C(=O)N2CCC(C(N)=O)CC2)CC(=O)c2ccccc2C1. The van der Waals surface area contributed by atoms with Gasteiger partial charge in [-0.2, -0.15) is 0 Å². The highest BCUT2D eigenvalue weighted by atomic mass is 16.2. The van der Waals surface area contributed by atoms with Crippen molar-refractivity contribution >= 4 is 29.2 Å². The van der Waals surface area contributed by atoms with Crippen LogP contribution in [-0.2, 0) is 16.0 Å². The van der Waals surface area contributed by atoms with Crippen LogP contribution in [0.4, 0.5) is 5.69 Å². The van der Waals surface area contributed by atoms with Gasteiger partial charge in [0, 0.05) is 37.4 Å². The number of primary amides is 1. The molecule has 3 amide bonds. The monoisotopic (exact) mass is 461 g/mol. The average molecular weight is 462 g/mol. The molecule has 0 saturated carbocycles. The number of nitrogens with zero attached hydrogens (tertiary/aromatic N) is 1. The van der Waals surface area contributed by atoms with E-state index in [1.807, 2.05) is 31.2 Å². The van der Waals surface area contributed by atoms with Crippen molar-refractivity contribution in [3.05, 3.63) is 65.2 Å². The third kappa shape index (κ3) is 4.88. The Morgan fingerprint density at radius 1 is 1.03 bits per heavy atom. The summed E-state index contributed by atoms with van der Waals surface area (Å²) in [5.41, 5.74) is 7.59. The molecule has 1 aliphatic carbocycles. The van der Waals surface area contributed by atoms with E-state index in [1.165, 1.54) is 0 Å². The van der Waals surface area contributed by atoms with Gasteiger partial charge in [-0.3, -0.25) is 19.2 Å². The predicted octanol–water partition coefficient (Wildman–Crippen LogP) is 3.58. The lowest BCUT2D eigenvalue weighted by Gasteiger charge is -2.36. The number of fused-ring (bicyclic) bond motifs is 1. The van der Waals surface area contributed by atoms with Gasteiger partial charge in [-0.15, -0.1) is 0 Å². The molecule has 0 spiro atoms. The molecule has 1 heterocycles. The molecule has 7 nitrogen and oxygen atoms in total. The van der Waals surface area contributed by atoms with Crippen LogP contribution in [-0.4, -0.2) is 41.5 Å². The number of carbonyl (C=O) groups is 4. The molecule has 4 rings (SSSR count). The highest BCUT2D eigenvalue weighted by Gasteiger charge is 2.39. The van der Waals surface area contributed by atoms with Crippen LogP contribution in [0.1, 0.15) is 65.3 Å². The van der Waals surface area contributed by atoms with Crippen LogP contribution < -0.4 is 11.1 Å². The van der Waals surface area contributed by atoms with E-state index in [2.05, 4.69) is 5.32 Å². The molecule has 1 fully saturated rings. The number of rotatable bonds is 6. The van der Waals surface area contributed by atoms with Crippen LogP contribution in [0.2, 0.25) is 0 Å². The third-order valence-corrected chi connectivity index (χ3v) is 7.32. The molecule has 34 heavy (non-hydrogen) atoms. The number of benzene rings is 2. The van der Waals surface area contributed by atoms with E-state index >= 15 is 0 Å². The Bertz CT molecular complexity index is 1120. The molecule has 0 aromatic heterocycles. The standard InChI is InChI=1S/C27H31N3O4/c1-2-27(15-19-7-3-4-8-20(19)23(31)16-27)17-24(32)29-22-10-6-5-9-21(22)26(34)30-13-11-18(12-14-30)25(28)33/h3-10,18H,2,11-17H2,1H3,(H2,28,33)(H,29,32). The van der Waals surface area contributed by atoms with Crippen molar-refractivity contribution in [2.24, 2.45) is 17.1 Å². The second-order valence-electron chi connectivity index (χ2n) is 9.53. The summed E-state index contributed by atoms with van der Waals surface area (Å²) in [4.78, 5) is 52.2. The number of nitrogens with two attached hydrogens (primary N) is 1. The summed E-state index contributed by atoms with van der Waals surface area (Å²) < 4.78 is 0. The number of nitrogens with one attached hydrogen (secondary N) is 1. The minimum atomic E-state index is -0.439. The van der Waals surface area contributed by atoms with Gasteiger partial charge in [-0.25, -0.2) is 0 Å². The first-order valence-electron chi connectivity index (χ1n) is 11.9. The first-order chi connectivity index (χ1) is 16.3. The van der Waals surface area contributed by atoms with Crippen molar-refractivity contribution in [1.82, 2.24) is 4.90 Å². The first-order valence-corrected chi connectivity index (χ1v) is 11.9. The largest absolute Gasteiger partial charge is 0.369 e. The zero-order valence-corrected chi connectivity index (χ0v) is 19.5. The molecule has 2 aromatic rings. The summed E-state index contributed by atoms with van der Waals surface area (Å²) in [6.45, 7) is 2.92. The second-order valence-corrected chi connectivity index (χ2v) is 9.53. The third-order valence-electron chi connectivity index (χ3n) is 7.32. The molecule has 1 atom stereocenters. The highest BCUT2D eigenvalue weighted by molar-refractivity contribution is 6.04. The van der Waals surface area contributed by atoms with Crippen LogP contribution >= 0.6 is 0 Å². The molecule has 178 valence electrons. The molecule has 0 radical (unpaired) electrons. The van der Waals surface area contributed by atoms with Crippen LogP contribution in [0.25, 0.3) is 0 Å². The van der Waals surface area contributed by atoms with E-state index in [0.717, 1.165) is 11.1 Å². The molecule has 1 unspecified atom stereocenters. The Morgan fingerprint density at radius 3 is 2.41 bits per heavy atom. The summed E-state index contributed by atoms with van der Waals surface area (Å²) in [5, 5.41) is 2.93. The minimum Gasteiger partial charge on any atom is -0.369 e. The fourth-order valence-corrected chi connectivity index (χ4v) is 5.20. The molecular weight excluding hydrogens is 430 g/mol.